The Bertz CT molecular complexity index is 686. The van der Waals surface area contributed by atoms with Gasteiger partial charge in [-0.2, -0.15) is 0 Å². The second kappa shape index (κ2) is 8.12. The molecule has 6 heteroatoms. The molecule has 0 aliphatic carbocycles. The predicted octanol–water partition coefficient (Wildman–Crippen LogP) is -0.242. The van der Waals surface area contributed by atoms with E-state index >= 15 is 0 Å². The summed E-state index contributed by atoms with van der Waals surface area (Å²) in [6.45, 7) is 0. The fourth-order valence-electron chi connectivity index (χ4n) is 2.37. The van der Waals surface area contributed by atoms with Gasteiger partial charge in [-0.05, 0) is 23.3 Å². The molecule has 2 aromatic rings. The van der Waals surface area contributed by atoms with Gasteiger partial charge in [0, 0.05) is 12.8 Å². The summed E-state index contributed by atoms with van der Waals surface area (Å²) in [6.07, 6.45) is 0.747. The molecule has 2 amide bonds. The molecule has 24 heavy (non-hydrogen) atoms. The van der Waals surface area contributed by atoms with Gasteiger partial charge in [0.1, 0.15) is 11.8 Å². The van der Waals surface area contributed by atoms with Crippen molar-refractivity contribution in [2.24, 2.45) is 5.73 Å². The van der Waals surface area contributed by atoms with E-state index in [1.807, 2.05) is 30.3 Å². The number of rotatable bonds is 7. The molecular weight excluding hydrogens is 306 g/mol. The van der Waals surface area contributed by atoms with Crippen molar-refractivity contribution in [3.63, 3.8) is 0 Å². The van der Waals surface area contributed by atoms with Crippen LogP contribution in [-0.4, -0.2) is 29.0 Å². The zero-order valence-electron chi connectivity index (χ0n) is 13.3. The first kappa shape index (κ1) is 17.5. The maximum atomic E-state index is 12.3. The quantitative estimate of drug-likeness (QED) is 0.561. The number of primary amides is 1. The SMILES string of the molecule is NC(=O)[C@H](Cc1ccc(O)cc1)NC(=O)[C@@H]([NH3+])Cc1ccccc1. The van der Waals surface area contributed by atoms with Crippen molar-refractivity contribution >= 4 is 11.8 Å². The minimum atomic E-state index is -0.818. The minimum Gasteiger partial charge on any atom is -0.508 e. The lowest BCUT2D eigenvalue weighted by molar-refractivity contribution is -0.403. The van der Waals surface area contributed by atoms with Crippen molar-refractivity contribution in [3.05, 3.63) is 65.7 Å². The lowest BCUT2D eigenvalue weighted by Crippen LogP contribution is -2.69. The predicted molar refractivity (Wildman–Crippen MR) is 89.8 cm³/mol. The van der Waals surface area contributed by atoms with Crippen LogP contribution in [0.4, 0.5) is 0 Å². The van der Waals surface area contributed by atoms with Crippen LogP contribution in [0.2, 0.25) is 0 Å². The van der Waals surface area contributed by atoms with Gasteiger partial charge in [-0.15, -0.1) is 0 Å². The largest absolute Gasteiger partial charge is 0.508 e. The van der Waals surface area contributed by atoms with E-state index in [0.29, 0.717) is 6.42 Å². The molecule has 0 aliphatic rings. The van der Waals surface area contributed by atoms with E-state index in [9.17, 15) is 14.7 Å². The summed E-state index contributed by atoms with van der Waals surface area (Å²) in [4.78, 5) is 23.9. The molecule has 2 rings (SSSR count). The number of hydrogen-bond donors (Lipinski definition) is 4. The van der Waals surface area contributed by atoms with Crippen molar-refractivity contribution < 1.29 is 20.4 Å². The summed E-state index contributed by atoms with van der Waals surface area (Å²) in [5.41, 5.74) is 11.1. The van der Waals surface area contributed by atoms with Gasteiger partial charge in [-0.1, -0.05) is 42.5 Å². The van der Waals surface area contributed by atoms with Crippen LogP contribution in [0, 0.1) is 0 Å². The number of amides is 2. The van der Waals surface area contributed by atoms with Crippen molar-refractivity contribution in [2.45, 2.75) is 24.9 Å². The minimum absolute atomic E-state index is 0.138. The summed E-state index contributed by atoms with van der Waals surface area (Å²) in [7, 11) is 0. The average Bonchev–Trinajstić information content (AvgIpc) is 2.56. The van der Waals surface area contributed by atoms with Gasteiger partial charge in [0.25, 0.3) is 5.91 Å². The molecule has 0 spiro atoms. The molecule has 6 nitrogen and oxygen atoms in total. The van der Waals surface area contributed by atoms with Gasteiger partial charge in [0.2, 0.25) is 5.91 Å². The van der Waals surface area contributed by atoms with Crippen molar-refractivity contribution in [3.8, 4) is 5.75 Å². The molecule has 0 radical (unpaired) electrons. The average molecular weight is 328 g/mol. The highest BCUT2D eigenvalue weighted by molar-refractivity contribution is 5.88. The van der Waals surface area contributed by atoms with Crippen molar-refractivity contribution in [1.82, 2.24) is 5.32 Å². The third-order valence-corrected chi connectivity index (χ3v) is 3.73. The van der Waals surface area contributed by atoms with E-state index in [0.717, 1.165) is 11.1 Å². The second-order valence-corrected chi connectivity index (χ2v) is 5.72. The van der Waals surface area contributed by atoms with E-state index in [1.54, 1.807) is 12.1 Å². The number of nitrogens with two attached hydrogens (primary N) is 1. The molecule has 2 aromatic carbocycles. The van der Waals surface area contributed by atoms with E-state index in [1.165, 1.54) is 12.1 Å². The maximum Gasteiger partial charge on any atom is 0.279 e. The van der Waals surface area contributed by atoms with Gasteiger partial charge >= 0.3 is 0 Å². The Hall–Kier alpha value is -2.86. The lowest BCUT2D eigenvalue weighted by Gasteiger charge is -2.17. The number of benzene rings is 2. The number of nitrogens with one attached hydrogen (secondary N) is 1. The normalized spacial score (nSPS) is 13.0. The molecule has 0 aliphatic heterocycles. The van der Waals surface area contributed by atoms with Gasteiger partial charge in [0.05, 0.1) is 0 Å². The van der Waals surface area contributed by atoms with Gasteiger partial charge in [-0.3, -0.25) is 9.59 Å². The van der Waals surface area contributed by atoms with E-state index in [-0.39, 0.29) is 18.1 Å². The standard InChI is InChI=1S/C18H21N3O3/c19-15(10-12-4-2-1-3-5-12)18(24)21-16(17(20)23)11-13-6-8-14(22)9-7-13/h1-9,15-16,22H,10-11,19H2,(H2,20,23)(H,21,24)/p+1/t15-,16-/m0/s1. The monoisotopic (exact) mass is 328 g/mol. The van der Waals surface area contributed by atoms with E-state index < -0.39 is 18.0 Å². The number of aromatic hydroxyl groups is 1. The molecule has 0 saturated heterocycles. The highest BCUT2D eigenvalue weighted by Crippen LogP contribution is 2.11. The smallest absolute Gasteiger partial charge is 0.279 e. The Labute approximate surface area is 140 Å². The van der Waals surface area contributed by atoms with Crippen LogP contribution in [0.1, 0.15) is 11.1 Å². The Morgan fingerprint density at radius 3 is 2.17 bits per heavy atom. The highest BCUT2D eigenvalue weighted by Gasteiger charge is 2.24. The van der Waals surface area contributed by atoms with Crippen LogP contribution in [0.5, 0.6) is 5.75 Å². The van der Waals surface area contributed by atoms with Crippen LogP contribution in [0.25, 0.3) is 0 Å². The zero-order valence-corrected chi connectivity index (χ0v) is 13.3. The lowest BCUT2D eigenvalue weighted by atomic mass is 10.0. The molecule has 0 saturated carbocycles. The van der Waals surface area contributed by atoms with Crippen molar-refractivity contribution in [1.29, 1.82) is 0 Å². The Morgan fingerprint density at radius 2 is 1.58 bits per heavy atom. The molecule has 0 heterocycles. The van der Waals surface area contributed by atoms with Crippen LogP contribution in [0.15, 0.2) is 54.6 Å². The van der Waals surface area contributed by atoms with E-state index in [2.05, 4.69) is 11.1 Å². The van der Waals surface area contributed by atoms with Crippen LogP contribution in [0.3, 0.4) is 0 Å². The Kier molecular flexibility index (Phi) is 5.92. The molecule has 0 unspecified atom stereocenters. The third-order valence-electron chi connectivity index (χ3n) is 3.73. The summed E-state index contributed by atoms with van der Waals surface area (Å²) in [5.74, 6) is -0.788. The first-order valence-electron chi connectivity index (χ1n) is 7.70. The first-order valence-corrected chi connectivity index (χ1v) is 7.70. The van der Waals surface area contributed by atoms with Gasteiger partial charge in [0.15, 0.2) is 6.04 Å². The van der Waals surface area contributed by atoms with Crippen molar-refractivity contribution in [2.75, 3.05) is 0 Å². The fourth-order valence-corrected chi connectivity index (χ4v) is 2.37. The second-order valence-electron chi connectivity index (χ2n) is 5.72. The Morgan fingerprint density at radius 1 is 1.00 bits per heavy atom. The molecular formula is C18H22N3O3+. The Balaban J connectivity index is 1.97. The fraction of sp³-hybridized carbons (Fsp3) is 0.222. The molecule has 7 N–H and O–H groups in total. The molecule has 0 fully saturated rings. The first-order chi connectivity index (χ1) is 11.5. The zero-order chi connectivity index (χ0) is 17.5. The van der Waals surface area contributed by atoms with Crippen LogP contribution in [-0.2, 0) is 22.4 Å². The number of phenols is 1. The topological polar surface area (TPSA) is 120 Å². The number of hydrogen-bond acceptors (Lipinski definition) is 3. The number of quaternary nitrogens is 1. The molecule has 2 atom stereocenters. The summed E-state index contributed by atoms with van der Waals surface area (Å²) in [6, 6.07) is 14.6. The highest BCUT2D eigenvalue weighted by atomic mass is 16.3. The number of carbonyl (C=O) groups is 2. The number of phenolic OH excluding ortho intramolecular Hbond substituents is 1. The summed E-state index contributed by atoms with van der Waals surface area (Å²) >= 11 is 0. The van der Waals surface area contributed by atoms with Crippen LogP contribution >= 0.6 is 0 Å². The maximum absolute atomic E-state index is 12.3. The van der Waals surface area contributed by atoms with Gasteiger partial charge < -0.3 is 21.9 Å². The third kappa shape index (κ3) is 5.10. The summed E-state index contributed by atoms with van der Waals surface area (Å²) in [5, 5.41) is 11.9. The van der Waals surface area contributed by atoms with E-state index in [4.69, 9.17) is 5.73 Å². The molecule has 126 valence electrons. The molecule has 0 bridgehead atoms. The number of carbonyl (C=O) groups excluding carboxylic acids is 2. The summed E-state index contributed by atoms with van der Waals surface area (Å²) < 4.78 is 0. The van der Waals surface area contributed by atoms with Gasteiger partial charge in [-0.25, -0.2) is 0 Å². The van der Waals surface area contributed by atoms with Crippen LogP contribution < -0.4 is 16.8 Å². The molecule has 0 aromatic heterocycles.